The molecule has 0 aliphatic rings. The smallest absolute Gasteiger partial charge is 0.339 e. The molecule has 0 aliphatic carbocycles. The Labute approximate surface area is 126 Å². The first kappa shape index (κ1) is 16.8. The Morgan fingerprint density at radius 1 is 1.33 bits per heavy atom. The lowest BCUT2D eigenvalue weighted by Gasteiger charge is -2.09. The van der Waals surface area contributed by atoms with Gasteiger partial charge in [-0.25, -0.2) is 9.59 Å². The van der Waals surface area contributed by atoms with Gasteiger partial charge in [0.15, 0.2) is 0 Å². The van der Waals surface area contributed by atoms with Crippen molar-refractivity contribution < 1.29 is 24.2 Å². The maximum atomic E-state index is 11.5. The standard InChI is InChI=1S/C13H15ClN2O5/c1-21-12(19)9-5-4-8(7-10(9)14)16-13(20)15-6-2-3-11(17)18/h4-5,7H,2-3,6H2,1H3,(H,17,18)(H2,15,16,20). The Hall–Kier alpha value is -2.28. The summed E-state index contributed by atoms with van der Waals surface area (Å²) in [6, 6.07) is 3.88. The van der Waals surface area contributed by atoms with Crippen LogP contribution in [0.4, 0.5) is 10.5 Å². The number of hydrogen-bond acceptors (Lipinski definition) is 4. The Morgan fingerprint density at radius 3 is 2.62 bits per heavy atom. The molecule has 0 fully saturated rings. The summed E-state index contributed by atoms with van der Waals surface area (Å²) < 4.78 is 4.55. The third-order valence-electron chi connectivity index (χ3n) is 2.49. The van der Waals surface area contributed by atoms with E-state index >= 15 is 0 Å². The highest BCUT2D eigenvalue weighted by atomic mass is 35.5. The largest absolute Gasteiger partial charge is 0.481 e. The first-order valence-electron chi connectivity index (χ1n) is 6.08. The van der Waals surface area contributed by atoms with Crippen molar-refractivity contribution in [3.63, 3.8) is 0 Å². The van der Waals surface area contributed by atoms with Crippen molar-refractivity contribution in [3.8, 4) is 0 Å². The lowest BCUT2D eigenvalue weighted by atomic mass is 10.2. The quantitative estimate of drug-likeness (QED) is 0.551. The number of rotatable bonds is 6. The van der Waals surface area contributed by atoms with E-state index in [0.29, 0.717) is 12.1 Å². The zero-order valence-corrected chi connectivity index (χ0v) is 12.1. The molecule has 0 saturated heterocycles. The van der Waals surface area contributed by atoms with Crippen LogP contribution in [0.3, 0.4) is 0 Å². The molecule has 0 atom stereocenters. The van der Waals surface area contributed by atoms with Crippen LogP contribution < -0.4 is 10.6 Å². The van der Waals surface area contributed by atoms with Crippen LogP contribution in [0.25, 0.3) is 0 Å². The van der Waals surface area contributed by atoms with Gasteiger partial charge in [0, 0.05) is 18.7 Å². The summed E-state index contributed by atoms with van der Waals surface area (Å²) in [5.74, 6) is -1.48. The van der Waals surface area contributed by atoms with Gasteiger partial charge in [0.25, 0.3) is 0 Å². The Bertz CT molecular complexity index is 547. The number of aliphatic carboxylic acids is 1. The van der Waals surface area contributed by atoms with Crippen LogP contribution in [0.1, 0.15) is 23.2 Å². The van der Waals surface area contributed by atoms with Crippen LogP contribution in [0.15, 0.2) is 18.2 Å². The summed E-state index contributed by atoms with van der Waals surface area (Å²) in [6.07, 6.45) is 0.324. The fourth-order valence-corrected chi connectivity index (χ4v) is 1.74. The third-order valence-corrected chi connectivity index (χ3v) is 2.80. The van der Waals surface area contributed by atoms with Gasteiger partial charge in [0.1, 0.15) is 0 Å². The first-order chi connectivity index (χ1) is 9.93. The normalized spacial score (nSPS) is 9.81. The average molecular weight is 315 g/mol. The van der Waals surface area contributed by atoms with Crippen molar-refractivity contribution in [2.24, 2.45) is 0 Å². The topological polar surface area (TPSA) is 105 Å². The predicted octanol–water partition coefficient (Wildman–Crippen LogP) is 2.11. The van der Waals surface area contributed by atoms with Crippen molar-refractivity contribution in [3.05, 3.63) is 28.8 Å². The van der Waals surface area contributed by atoms with Crippen LogP contribution in [0.5, 0.6) is 0 Å². The van der Waals surface area contributed by atoms with Crippen molar-refractivity contribution in [1.82, 2.24) is 5.32 Å². The third kappa shape index (κ3) is 5.70. The van der Waals surface area contributed by atoms with Crippen LogP contribution in [0.2, 0.25) is 5.02 Å². The number of methoxy groups -OCH3 is 1. The maximum Gasteiger partial charge on any atom is 0.339 e. The van der Waals surface area contributed by atoms with E-state index in [0.717, 1.165) is 0 Å². The fraction of sp³-hybridized carbons (Fsp3) is 0.308. The zero-order valence-electron chi connectivity index (χ0n) is 11.3. The number of anilines is 1. The lowest BCUT2D eigenvalue weighted by Crippen LogP contribution is -2.29. The predicted molar refractivity (Wildman–Crippen MR) is 76.7 cm³/mol. The molecule has 1 aromatic rings. The van der Waals surface area contributed by atoms with E-state index in [2.05, 4.69) is 15.4 Å². The molecule has 3 N–H and O–H groups in total. The number of benzene rings is 1. The van der Waals surface area contributed by atoms with Gasteiger partial charge in [-0.05, 0) is 24.6 Å². The van der Waals surface area contributed by atoms with Crippen molar-refractivity contribution in [2.75, 3.05) is 19.0 Å². The summed E-state index contributed by atoms with van der Waals surface area (Å²) in [4.78, 5) is 33.2. The van der Waals surface area contributed by atoms with Gasteiger partial charge in [-0.2, -0.15) is 0 Å². The minimum atomic E-state index is -0.914. The van der Waals surface area contributed by atoms with Gasteiger partial charge in [-0.1, -0.05) is 11.6 Å². The van der Waals surface area contributed by atoms with Crippen molar-refractivity contribution in [1.29, 1.82) is 0 Å². The fourth-order valence-electron chi connectivity index (χ4n) is 1.49. The number of amides is 2. The second kappa shape index (κ2) is 8.11. The summed E-state index contributed by atoms with van der Waals surface area (Å²) >= 11 is 5.91. The molecular formula is C13H15ClN2O5. The van der Waals surface area contributed by atoms with Gasteiger partial charge in [0.2, 0.25) is 0 Å². The van der Waals surface area contributed by atoms with Gasteiger partial charge in [-0.3, -0.25) is 4.79 Å². The minimum Gasteiger partial charge on any atom is -0.481 e. The van der Waals surface area contributed by atoms with E-state index in [-0.39, 0.29) is 23.6 Å². The van der Waals surface area contributed by atoms with Gasteiger partial charge < -0.3 is 20.5 Å². The van der Waals surface area contributed by atoms with E-state index in [1.807, 2.05) is 0 Å². The molecule has 8 heteroatoms. The molecule has 0 saturated carbocycles. The van der Waals surface area contributed by atoms with Gasteiger partial charge in [0.05, 0.1) is 17.7 Å². The highest BCUT2D eigenvalue weighted by Crippen LogP contribution is 2.21. The molecule has 1 rings (SSSR count). The number of urea groups is 1. The number of carbonyl (C=O) groups is 3. The average Bonchev–Trinajstić information content (AvgIpc) is 2.43. The molecule has 2 amide bonds. The number of carboxylic acids is 1. The second-order valence-electron chi connectivity index (χ2n) is 4.06. The van der Waals surface area contributed by atoms with E-state index in [4.69, 9.17) is 16.7 Å². The number of carbonyl (C=O) groups excluding carboxylic acids is 2. The number of hydrogen-bond donors (Lipinski definition) is 3. The Morgan fingerprint density at radius 2 is 2.05 bits per heavy atom. The van der Waals surface area contributed by atoms with Gasteiger partial charge in [-0.15, -0.1) is 0 Å². The monoisotopic (exact) mass is 314 g/mol. The van der Waals surface area contributed by atoms with Crippen LogP contribution >= 0.6 is 11.6 Å². The highest BCUT2D eigenvalue weighted by Gasteiger charge is 2.11. The van der Waals surface area contributed by atoms with E-state index in [1.165, 1.54) is 25.3 Å². The van der Waals surface area contributed by atoms with Crippen molar-refractivity contribution in [2.45, 2.75) is 12.8 Å². The first-order valence-corrected chi connectivity index (χ1v) is 6.46. The van der Waals surface area contributed by atoms with Crippen LogP contribution in [-0.2, 0) is 9.53 Å². The molecule has 0 radical (unpaired) electrons. The number of esters is 1. The number of ether oxygens (including phenoxy) is 1. The molecule has 114 valence electrons. The highest BCUT2D eigenvalue weighted by molar-refractivity contribution is 6.33. The molecule has 0 unspecified atom stereocenters. The minimum absolute atomic E-state index is 0.0140. The summed E-state index contributed by atoms with van der Waals surface area (Å²) in [6.45, 7) is 0.242. The maximum absolute atomic E-state index is 11.5. The summed E-state index contributed by atoms with van der Waals surface area (Å²) in [5, 5.41) is 13.6. The zero-order chi connectivity index (χ0) is 15.8. The van der Waals surface area contributed by atoms with Crippen molar-refractivity contribution >= 4 is 35.3 Å². The molecule has 0 aliphatic heterocycles. The number of nitrogens with one attached hydrogen (secondary N) is 2. The van der Waals surface area contributed by atoms with E-state index < -0.39 is 18.0 Å². The summed E-state index contributed by atoms with van der Waals surface area (Å²) in [5.41, 5.74) is 0.606. The SMILES string of the molecule is COC(=O)c1ccc(NC(=O)NCCCC(=O)O)cc1Cl. The second-order valence-corrected chi connectivity index (χ2v) is 4.47. The molecule has 0 aromatic heterocycles. The molecule has 0 spiro atoms. The number of halogens is 1. The molecule has 7 nitrogen and oxygen atoms in total. The molecule has 0 bridgehead atoms. The lowest BCUT2D eigenvalue weighted by molar-refractivity contribution is -0.137. The molecule has 21 heavy (non-hydrogen) atoms. The van der Waals surface area contributed by atoms with E-state index in [1.54, 1.807) is 0 Å². The molecular weight excluding hydrogens is 300 g/mol. The Balaban J connectivity index is 2.51. The molecule has 0 heterocycles. The van der Waals surface area contributed by atoms with Crippen LogP contribution in [-0.4, -0.2) is 36.7 Å². The Kier molecular flexibility index (Phi) is 6.48. The van der Waals surface area contributed by atoms with Gasteiger partial charge >= 0.3 is 18.0 Å². The molecule has 1 aromatic carbocycles. The van der Waals surface area contributed by atoms with Crippen LogP contribution in [0, 0.1) is 0 Å². The number of carboxylic acid groups (broad SMARTS) is 1. The summed E-state index contributed by atoms with van der Waals surface area (Å²) in [7, 11) is 1.25. The van der Waals surface area contributed by atoms with E-state index in [9.17, 15) is 14.4 Å².